The molecule has 1 N–H and O–H groups in total. The Morgan fingerprint density at radius 2 is 2.10 bits per heavy atom. The van der Waals surface area contributed by atoms with Crippen molar-refractivity contribution < 1.29 is 4.79 Å². The number of hydrogen-bond acceptors (Lipinski definition) is 3. The fraction of sp³-hybridized carbons (Fsp3) is 0.250. The Kier molecular flexibility index (Phi) is 4.91. The smallest absolute Gasteiger partial charge is 0.251 e. The van der Waals surface area contributed by atoms with E-state index in [1.54, 1.807) is 35.6 Å². The van der Waals surface area contributed by atoms with E-state index in [4.69, 9.17) is 5.26 Å². The summed E-state index contributed by atoms with van der Waals surface area (Å²) in [5.41, 5.74) is 1.14. The van der Waals surface area contributed by atoms with Crippen LogP contribution in [-0.2, 0) is 0 Å². The zero-order chi connectivity index (χ0) is 14.4. The molecule has 0 radical (unpaired) electrons. The van der Waals surface area contributed by atoms with Crippen LogP contribution in [0, 0.1) is 11.3 Å². The summed E-state index contributed by atoms with van der Waals surface area (Å²) in [6.07, 6.45) is 1.93. The van der Waals surface area contributed by atoms with Crippen molar-refractivity contribution in [2.45, 2.75) is 25.8 Å². The molecule has 3 nitrogen and oxygen atoms in total. The maximum Gasteiger partial charge on any atom is 0.251 e. The van der Waals surface area contributed by atoms with Crippen LogP contribution in [0.2, 0.25) is 0 Å². The zero-order valence-electron chi connectivity index (χ0n) is 11.3. The molecule has 0 aliphatic heterocycles. The van der Waals surface area contributed by atoms with Gasteiger partial charge in [-0.05, 0) is 42.1 Å². The van der Waals surface area contributed by atoms with Crippen LogP contribution in [0.25, 0.3) is 0 Å². The molecular formula is C16H16N2OS. The quantitative estimate of drug-likeness (QED) is 0.905. The van der Waals surface area contributed by atoms with Gasteiger partial charge in [0.25, 0.3) is 5.91 Å². The zero-order valence-corrected chi connectivity index (χ0v) is 12.1. The van der Waals surface area contributed by atoms with Crippen molar-refractivity contribution in [3.05, 3.63) is 57.8 Å². The summed E-state index contributed by atoms with van der Waals surface area (Å²) in [5.74, 6) is -0.0960. The SMILES string of the molecule is CCCC(NC(=O)c1ccc(C#N)cc1)c1cccs1. The van der Waals surface area contributed by atoms with Gasteiger partial charge in [-0.25, -0.2) is 0 Å². The predicted molar refractivity (Wildman–Crippen MR) is 80.6 cm³/mol. The molecule has 2 rings (SSSR count). The van der Waals surface area contributed by atoms with E-state index in [1.165, 1.54) is 4.88 Å². The molecule has 2 aromatic rings. The molecule has 4 heteroatoms. The molecule has 0 spiro atoms. The average molecular weight is 284 g/mol. The molecule has 1 atom stereocenters. The lowest BCUT2D eigenvalue weighted by Gasteiger charge is -2.16. The van der Waals surface area contributed by atoms with E-state index >= 15 is 0 Å². The first-order valence-corrected chi connectivity index (χ1v) is 7.47. The number of carbonyl (C=O) groups excluding carboxylic acids is 1. The van der Waals surface area contributed by atoms with E-state index in [1.807, 2.05) is 23.6 Å². The van der Waals surface area contributed by atoms with Gasteiger partial charge in [-0.2, -0.15) is 5.26 Å². The number of thiophene rings is 1. The van der Waals surface area contributed by atoms with Gasteiger partial charge in [-0.15, -0.1) is 11.3 Å². The number of nitriles is 1. The summed E-state index contributed by atoms with van der Waals surface area (Å²) in [5, 5.41) is 13.8. The van der Waals surface area contributed by atoms with Gasteiger partial charge in [0.15, 0.2) is 0 Å². The Balaban J connectivity index is 2.10. The minimum Gasteiger partial charge on any atom is -0.344 e. The fourth-order valence-electron chi connectivity index (χ4n) is 2.00. The van der Waals surface area contributed by atoms with Crippen LogP contribution in [0.1, 0.15) is 46.6 Å². The van der Waals surface area contributed by atoms with Crippen LogP contribution < -0.4 is 5.32 Å². The van der Waals surface area contributed by atoms with Crippen molar-refractivity contribution in [3.8, 4) is 6.07 Å². The first-order valence-electron chi connectivity index (χ1n) is 6.59. The average Bonchev–Trinajstić information content (AvgIpc) is 3.01. The number of benzene rings is 1. The minimum absolute atomic E-state index is 0.0585. The van der Waals surface area contributed by atoms with Crippen molar-refractivity contribution in [3.63, 3.8) is 0 Å². The normalized spacial score (nSPS) is 11.6. The maximum atomic E-state index is 12.2. The maximum absolute atomic E-state index is 12.2. The molecule has 1 heterocycles. The molecule has 0 fully saturated rings. The summed E-state index contributed by atoms with van der Waals surface area (Å²) in [7, 11) is 0. The molecule has 0 saturated carbocycles. The molecule has 1 aromatic carbocycles. The molecule has 0 aliphatic rings. The molecule has 1 aromatic heterocycles. The van der Waals surface area contributed by atoms with Gasteiger partial charge < -0.3 is 5.32 Å². The highest BCUT2D eigenvalue weighted by Crippen LogP contribution is 2.23. The van der Waals surface area contributed by atoms with Crippen molar-refractivity contribution >= 4 is 17.2 Å². The second-order valence-corrected chi connectivity index (χ2v) is 5.50. The molecule has 0 bridgehead atoms. The van der Waals surface area contributed by atoms with Gasteiger partial charge in [-0.1, -0.05) is 19.4 Å². The lowest BCUT2D eigenvalue weighted by atomic mass is 10.1. The molecule has 20 heavy (non-hydrogen) atoms. The summed E-state index contributed by atoms with van der Waals surface area (Å²) in [4.78, 5) is 13.4. The van der Waals surface area contributed by atoms with Crippen LogP contribution in [0.5, 0.6) is 0 Å². The van der Waals surface area contributed by atoms with Crippen LogP contribution in [0.3, 0.4) is 0 Å². The number of amides is 1. The van der Waals surface area contributed by atoms with Crippen molar-refractivity contribution in [1.82, 2.24) is 5.32 Å². The van der Waals surface area contributed by atoms with Gasteiger partial charge in [0.05, 0.1) is 17.7 Å². The third-order valence-electron chi connectivity index (χ3n) is 3.05. The third-order valence-corrected chi connectivity index (χ3v) is 4.03. The molecule has 0 aliphatic carbocycles. The predicted octanol–water partition coefficient (Wildman–Crippen LogP) is 3.89. The van der Waals surface area contributed by atoms with E-state index in [2.05, 4.69) is 12.2 Å². The van der Waals surface area contributed by atoms with E-state index in [9.17, 15) is 4.79 Å². The number of carbonyl (C=O) groups is 1. The molecule has 0 saturated heterocycles. The largest absolute Gasteiger partial charge is 0.344 e. The summed E-state index contributed by atoms with van der Waals surface area (Å²) < 4.78 is 0. The van der Waals surface area contributed by atoms with Gasteiger partial charge in [0, 0.05) is 10.4 Å². The van der Waals surface area contributed by atoms with Gasteiger partial charge in [-0.3, -0.25) is 4.79 Å². The third kappa shape index (κ3) is 3.46. The highest BCUT2D eigenvalue weighted by Gasteiger charge is 2.15. The van der Waals surface area contributed by atoms with Crippen LogP contribution >= 0.6 is 11.3 Å². The second kappa shape index (κ2) is 6.88. The first-order chi connectivity index (χ1) is 9.74. The lowest BCUT2D eigenvalue weighted by Crippen LogP contribution is -2.27. The Morgan fingerprint density at radius 3 is 2.65 bits per heavy atom. The van der Waals surface area contributed by atoms with Crippen LogP contribution in [-0.4, -0.2) is 5.91 Å². The van der Waals surface area contributed by atoms with E-state index < -0.39 is 0 Å². The van der Waals surface area contributed by atoms with E-state index in [0.717, 1.165) is 12.8 Å². The molecule has 102 valence electrons. The fourth-order valence-corrected chi connectivity index (χ4v) is 2.81. The Bertz CT molecular complexity index is 596. The summed E-state index contributed by atoms with van der Waals surface area (Å²) >= 11 is 1.66. The topological polar surface area (TPSA) is 52.9 Å². The van der Waals surface area contributed by atoms with E-state index in [-0.39, 0.29) is 11.9 Å². The van der Waals surface area contributed by atoms with Crippen molar-refractivity contribution in [2.24, 2.45) is 0 Å². The van der Waals surface area contributed by atoms with Crippen LogP contribution in [0.4, 0.5) is 0 Å². The highest BCUT2D eigenvalue weighted by atomic mass is 32.1. The van der Waals surface area contributed by atoms with Crippen molar-refractivity contribution in [1.29, 1.82) is 5.26 Å². The van der Waals surface area contributed by atoms with Gasteiger partial charge in [0.1, 0.15) is 0 Å². The van der Waals surface area contributed by atoms with Crippen LogP contribution in [0.15, 0.2) is 41.8 Å². The number of rotatable bonds is 5. The molecular weight excluding hydrogens is 268 g/mol. The number of nitrogens with one attached hydrogen (secondary N) is 1. The Hall–Kier alpha value is -2.12. The first kappa shape index (κ1) is 14.3. The Morgan fingerprint density at radius 1 is 1.35 bits per heavy atom. The van der Waals surface area contributed by atoms with E-state index in [0.29, 0.717) is 11.1 Å². The molecule has 1 amide bonds. The Labute approximate surface area is 122 Å². The second-order valence-electron chi connectivity index (χ2n) is 4.52. The van der Waals surface area contributed by atoms with Gasteiger partial charge in [0.2, 0.25) is 0 Å². The standard InChI is InChI=1S/C16H16N2OS/c1-2-4-14(15-5-3-10-20-15)18-16(19)13-8-6-12(11-17)7-9-13/h3,5-10,14H,2,4H2,1H3,(H,18,19). The monoisotopic (exact) mass is 284 g/mol. The number of hydrogen-bond donors (Lipinski definition) is 1. The summed E-state index contributed by atoms with van der Waals surface area (Å²) in [6, 6.07) is 12.8. The minimum atomic E-state index is -0.0960. The lowest BCUT2D eigenvalue weighted by molar-refractivity contribution is 0.0935. The number of nitrogens with zero attached hydrogens (tertiary/aromatic N) is 1. The van der Waals surface area contributed by atoms with Crippen molar-refractivity contribution in [2.75, 3.05) is 0 Å². The van der Waals surface area contributed by atoms with Gasteiger partial charge >= 0.3 is 0 Å². The highest BCUT2D eigenvalue weighted by molar-refractivity contribution is 7.10. The molecule has 1 unspecified atom stereocenters. The summed E-state index contributed by atoms with van der Waals surface area (Å²) in [6.45, 7) is 2.11.